The maximum absolute atomic E-state index is 13.2. The topological polar surface area (TPSA) is 69.6 Å². The predicted molar refractivity (Wildman–Crippen MR) is 106 cm³/mol. The summed E-state index contributed by atoms with van der Waals surface area (Å²) in [6.45, 7) is 0.118. The molecule has 0 unspecified atom stereocenters. The molecule has 6 heteroatoms. The van der Waals surface area contributed by atoms with E-state index < -0.39 is 5.54 Å². The van der Waals surface area contributed by atoms with Gasteiger partial charge in [0, 0.05) is 17.2 Å². The van der Waals surface area contributed by atoms with E-state index in [-0.39, 0.29) is 35.6 Å². The average molecular weight is 402 g/mol. The van der Waals surface area contributed by atoms with Crippen molar-refractivity contribution >= 4 is 23.1 Å². The number of rotatable bonds is 3. The lowest BCUT2D eigenvalue weighted by molar-refractivity contribution is -0.116. The monoisotopic (exact) mass is 401 g/mol. The fraction of sp³-hybridized carbons (Fsp3) is 0.318. The molecule has 0 saturated heterocycles. The Hall–Kier alpha value is -2.37. The first-order valence-corrected chi connectivity index (χ1v) is 9.74. The predicted octanol–water partition coefficient (Wildman–Crippen LogP) is 4.47. The number of hydrogen-bond acceptors (Lipinski definition) is 3. The Kier molecular flexibility index (Phi) is 4.89. The highest BCUT2D eigenvalue weighted by Gasteiger charge is 2.48. The summed E-state index contributed by atoms with van der Waals surface area (Å²) < 4.78 is 13.2. The van der Waals surface area contributed by atoms with Crippen molar-refractivity contribution in [1.29, 1.82) is 0 Å². The zero-order valence-corrected chi connectivity index (χ0v) is 16.0. The molecule has 0 bridgehead atoms. The Bertz CT molecular complexity index is 947. The van der Waals surface area contributed by atoms with Gasteiger partial charge in [0.15, 0.2) is 0 Å². The minimum atomic E-state index is -0.784. The van der Waals surface area contributed by atoms with Crippen LogP contribution in [0.15, 0.2) is 48.2 Å². The average Bonchev–Trinajstić information content (AvgIpc) is 2.93. The van der Waals surface area contributed by atoms with Crippen LogP contribution in [-0.4, -0.2) is 28.3 Å². The molecule has 4 rings (SSSR count). The van der Waals surface area contributed by atoms with Crippen LogP contribution in [0.1, 0.15) is 31.2 Å². The molecule has 0 atom stereocenters. The number of nitrogens with one attached hydrogen (secondary N) is 1. The van der Waals surface area contributed by atoms with Gasteiger partial charge < -0.3 is 15.5 Å². The minimum Gasteiger partial charge on any atom is -0.509 e. The molecule has 2 aromatic carbocycles. The molecule has 3 N–H and O–H groups in total. The van der Waals surface area contributed by atoms with Gasteiger partial charge >= 0.3 is 0 Å². The summed E-state index contributed by atoms with van der Waals surface area (Å²) >= 11 is 6.37. The highest BCUT2D eigenvalue weighted by molar-refractivity contribution is 6.35. The molecule has 2 aromatic rings. The first kappa shape index (κ1) is 19.0. The molecule has 4 nitrogen and oxygen atoms in total. The van der Waals surface area contributed by atoms with E-state index in [9.17, 15) is 19.4 Å². The normalized spacial score (nSPS) is 24.7. The standard InChI is InChI=1S/C22H21ClFNO3/c23-18-6-3-15(14-1-4-16(24)5-2-14)11-17(18)19-20(27)22(25-21(19)28)9-7-13(12-26)8-10-22/h1-6,11,13,26-27H,7-10,12H2,(H,25,28). The molecule has 2 aliphatic rings. The molecule has 146 valence electrons. The molecular formula is C22H21ClFNO3. The molecule has 1 spiro atoms. The van der Waals surface area contributed by atoms with Crippen LogP contribution in [0.5, 0.6) is 0 Å². The van der Waals surface area contributed by atoms with Gasteiger partial charge in [-0.15, -0.1) is 0 Å². The third kappa shape index (κ3) is 3.19. The van der Waals surface area contributed by atoms with Crippen LogP contribution in [0.3, 0.4) is 0 Å². The van der Waals surface area contributed by atoms with Gasteiger partial charge in [0.2, 0.25) is 0 Å². The number of benzene rings is 2. The number of carbonyl (C=O) groups excluding carboxylic acids is 1. The summed E-state index contributed by atoms with van der Waals surface area (Å²) in [5.74, 6) is -0.455. The van der Waals surface area contributed by atoms with Gasteiger partial charge in [-0.25, -0.2) is 4.39 Å². The maximum atomic E-state index is 13.2. The molecule has 1 aliphatic heterocycles. The molecule has 1 heterocycles. The largest absolute Gasteiger partial charge is 0.509 e. The van der Waals surface area contributed by atoms with Crippen molar-refractivity contribution in [1.82, 2.24) is 5.32 Å². The first-order valence-electron chi connectivity index (χ1n) is 9.36. The molecular weight excluding hydrogens is 381 g/mol. The zero-order chi connectivity index (χ0) is 19.9. The van der Waals surface area contributed by atoms with Crippen molar-refractivity contribution in [2.75, 3.05) is 6.61 Å². The highest BCUT2D eigenvalue weighted by Crippen LogP contribution is 2.44. The van der Waals surface area contributed by atoms with E-state index in [0.717, 1.165) is 24.0 Å². The number of amides is 1. The summed E-state index contributed by atoms with van der Waals surface area (Å²) in [5.41, 5.74) is 1.43. The first-order chi connectivity index (χ1) is 13.4. The molecule has 1 saturated carbocycles. The molecule has 0 radical (unpaired) electrons. The fourth-order valence-electron chi connectivity index (χ4n) is 4.19. The van der Waals surface area contributed by atoms with Crippen LogP contribution in [0.25, 0.3) is 16.7 Å². The number of aliphatic hydroxyl groups is 2. The lowest BCUT2D eigenvalue weighted by atomic mass is 9.76. The Labute approximate surface area is 167 Å². The quantitative estimate of drug-likeness (QED) is 0.710. The van der Waals surface area contributed by atoms with E-state index in [1.54, 1.807) is 30.3 Å². The van der Waals surface area contributed by atoms with Crippen molar-refractivity contribution in [2.24, 2.45) is 5.92 Å². The van der Waals surface area contributed by atoms with Gasteiger partial charge in [-0.1, -0.05) is 29.8 Å². The van der Waals surface area contributed by atoms with E-state index in [4.69, 9.17) is 11.6 Å². The van der Waals surface area contributed by atoms with E-state index in [1.807, 2.05) is 0 Å². The van der Waals surface area contributed by atoms with Crippen LogP contribution in [0.4, 0.5) is 4.39 Å². The summed E-state index contributed by atoms with van der Waals surface area (Å²) in [6, 6.07) is 11.3. The van der Waals surface area contributed by atoms with E-state index in [0.29, 0.717) is 23.4 Å². The summed E-state index contributed by atoms with van der Waals surface area (Å²) in [6.07, 6.45) is 2.62. The third-order valence-corrected chi connectivity index (χ3v) is 6.23. The molecule has 1 amide bonds. The van der Waals surface area contributed by atoms with Crippen LogP contribution in [0, 0.1) is 11.7 Å². The molecule has 0 aromatic heterocycles. The summed E-state index contributed by atoms with van der Waals surface area (Å²) in [5, 5.41) is 23.7. The Balaban J connectivity index is 1.74. The van der Waals surface area contributed by atoms with Gasteiger partial charge in [0.1, 0.15) is 11.6 Å². The second-order valence-corrected chi connectivity index (χ2v) is 7.99. The van der Waals surface area contributed by atoms with Crippen LogP contribution in [0.2, 0.25) is 5.02 Å². The second-order valence-electron chi connectivity index (χ2n) is 7.59. The molecule has 1 aliphatic carbocycles. The number of aliphatic hydroxyl groups excluding tert-OH is 2. The Morgan fingerprint density at radius 3 is 2.39 bits per heavy atom. The van der Waals surface area contributed by atoms with Crippen molar-refractivity contribution in [3.63, 3.8) is 0 Å². The lowest BCUT2D eigenvalue weighted by Gasteiger charge is -2.36. The van der Waals surface area contributed by atoms with Crippen molar-refractivity contribution in [3.8, 4) is 11.1 Å². The summed E-state index contributed by atoms with van der Waals surface area (Å²) in [4.78, 5) is 12.8. The van der Waals surface area contributed by atoms with Gasteiger partial charge in [0.05, 0.1) is 11.1 Å². The third-order valence-electron chi connectivity index (χ3n) is 5.90. The van der Waals surface area contributed by atoms with E-state index in [1.165, 1.54) is 12.1 Å². The van der Waals surface area contributed by atoms with Crippen molar-refractivity contribution in [2.45, 2.75) is 31.2 Å². The smallest absolute Gasteiger partial charge is 0.256 e. The van der Waals surface area contributed by atoms with Crippen LogP contribution >= 0.6 is 11.6 Å². The minimum absolute atomic E-state index is 0.0204. The van der Waals surface area contributed by atoms with E-state index in [2.05, 4.69) is 5.32 Å². The number of hydrogen-bond donors (Lipinski definition) is 3. The Morgan fingerprint density at radius 2 is 1.75 bits per heavy atom. The van der Waals surface area contributed by atoms with Crippen LogP contribution < -0.4 is 5.32 Å². The van der Waals surface area contributed by atoms with Gasteiger partial charge in [-0.05, 0) is 67.0 Å². The maximum Gasteiger partial charge on any atom is 0.256 e. The number of halogens is 2. The SMILES string of the molecule is O=C1NC2(CCC(CO)CC2)C(O)=C1c1cc(-c2ccc(F)cc2)ccc1Cl. The summed E-state index contributed by atoms with van der Waals surface area (Å²) in [7, 11) is 0. The van der Waals surface area contributed by atoms with E-state index >= 15 is 0 Å². The molecule has 28 heavy (non-hydrogen) atoms. The zero-order valence-electron chi connectivity index (χ0n) is 15.2. The van der Waals surface area contributed by atoms with Gasteiger partial charge in [-0.3, -0.25) is 4.79 Å². The van der Waals surface area contributed by atoms with Gasteiger partial charge in [0.25, 0.3) is 5.91 Å². The Morgan fingerprint density at radius 1 is 1.11 bits per heavy atom. The highest BCUT2D eigenvalue weighted by atomic mass is 35.5. The number of carbonyl (C=O) groups is 1. The fourth-order valence-corrected chi connectivity index (χ4v) is 4.40. The van der Waals surface area contributed by atoms with Gasteiger partial charge in [-0.2, -0.15) is 0 Å². The lowest BCUT2D eigenvalue weighted by Crippen LogP contribution is -2.47. The molecule has 1 fully saturated rings. The van der Waals surface area contributed by atoms with Crippen LogP contribution in [-0.2, 0) is 4.79 Å². The second kappa shape index (κ2) is 7.22. The van der Waals surface area contributed by atoms with Crippen molar-refractivity contribution in [3.05, 3.63) is 64.6 Å². The van der Waals surface area contributed by atoms with Crippen molar-refractivity contribution < 1.29 is 19.4 Å².